The second-order valence-corrected chi connectivity index (χ2v) is 6.91. The summed E-state index contributed by atoms with van der Waals surface area (Å²) >= 11 is 0. The lowest BCUT2D eigenvalue weighted by Gasteiger charge is -2.13. The topological polar surface area (TPSA) is 118 Å². The second-order valence-electron chi connectivity index (χ2n) is 6.91. The van der Waals surface area contributed by atoms with Gasteiger partial charge >= 0.3 is 11.8 Å². The van der Waals surface area contributed by atoms with E-state index in [0.717, 1.165) is 11.1 Å². The van der Waals surface area contributed by atoms with Crippen molar-refractivity contribution in [1.29, 1.82) is 0 Å². The number of nitrogens with one attached hydrogen (secondary N) is 3. The van der Waals surface area contributed by atoms with Crippen molar-refractivity contribution in [2.24, 2.45) is 5.10 Å². The van der Waals surface area contributed by atoms with E-state index in [0.29, 0.717) is 35.9 Å². The van der Waals surface area contributed by atoms with Crippen LogP contribution in [-0.2, 0) is 14.4 Å². The number of ether oxygens (including phenoxy) is 2. The molecule has 9 heteroatoms. The van der Waals surface area contributed by atoms with Crippen molar-refractivity contribution in [3.8, 4) is 11.5 Å². The summed E-state index contributed by atoms with van der Waals surface area (Å²) in [5, 5.41) is 8.96. The molecule has 2 aromatic rings. The molecule has 0 saturated carbocycles. The number of nitrogens with zero attached hydrogens (tertiary/aromatic N) is 1. The number of hydrogen-bond donors (Lipinski definition) is 3. The van der Waals surface area contributed by atoms with Crippen molar-refractivity contribution in [3.63, 3.8) is 0 Å². The Hall–Kier alpha value is -3.88. The Morgan fingerprint density at radius 3 is 2.31 bits per heavy atom. The number of likely N-dealkylation sites (N-methyl/N-ethyl adjacent to an activating group) is 1. The zero-order valence-corrected chi connectivity index (χ0v) is 18.7. The number of anilines is 1. The molecule has 0 aliphatic heterocycles. The molecule has 2 rings (SSSR count). The minimum Gasteiger partial charge on any atom is -0.490 e. The Kier molecular flexibility index (Phi) is 9.22. The van der Waals surface area contributed by atoms with Crippen LogP contribution in [-0.4, -0.2) is 43.7 Å². The Morgan fingerprint density at radius 2 is 1.66 bits per heavy atom. The highest BCUT2D eigenvalue weighted by Gasteiger charge is 2.11. The average molecular weight is 441 g/mol. The van der Waals surface area contributed by atoms with Crippen molar-refractivity contribution in [2.45, 2.75) is 27.7 Å². The maximum absolute atomic E-state index is 12.3. The fourth-order valence-corrected chi connectivity index (χ4v) is 2.84. The molecule has 9 nitrogen and oxygen atoms in total. The van der Waals surface area contributed by atoms with Crippen LogP contribution in [0, 0.1) is 13.8 Å². The standard InChI is InChI=1S/C23H28N4O5/c1-5-24-22(29)23(30)27-25-13-17-7-8-19(20(12-17)31-6-2)32-14-21(28)26-18-10-15(3)9-16(4)11-18/h7-13H,5-6,14H2,1-4H3,(H,24,29)(H,26,28)(H,27,30)/b25-13-. The number of carbonyl (C=O) groups is 3. The van der Waals surface area contributed by atoms with Gasteiger partial charge in [-0.25, -0.2) is 5.43 Å². The van der Waals surface area contributed by atoms with Gasteiger partial charge in [-0.15, -0.1) is 0 Å². The number of rotatable bonds is 9. The lowest BCUT2D eigenvalue weighted by molar-refractivity contribution is -0.139. The Morgan fingerprint density at radius 1 is 0.938 bits per heavy atom. The van der Waals surface area contributed by atoms with Crippen molar-refractivity contribution >= 4 is 29.6 Å². The van der Waals surface area contributed by atoms with E-state index in [1.165, 1.54) is 6.21 Å². The molecule has 3 amide bonds. The van der Waals surface area contributed by atoms with Crippen LogP contribution < -0.4 is 25.5 Å². The first-order valence-corrected chi connectivity index (χ1v) is 10.2. The molecule has 0 aliphatic carbocycles. The summed E-state index contributed by atoms with van der Waals surface area (Å²) in [7, 11) is 0. The van der Waals surface area contributed by atoms with Gasteiger partial charge in [-0.3, -0.25) is 14.4 Å². The largest absolute Gasteiger partial charge is 0.490 e. The normalized spacial score (nSPS) is 10.5. The molecule has 0 heterocycles. The van der Waals surface area contributed by atoms with Crippen LogP contribution in [0.15, 0.2) is 41.5 Å². The first kappa shape index (κ1) is 24.4. The smallest absolute Gasteiger partial charge is 0.329 e. The fourth-order valence-electron chi connectivity index (χ4n) is 2.84. The van der Waals surface area contributed by atoms with Gasteiger partial charge in [0, 0.05) is 12.2 Å². The maximum atomic E-state index is 12.3. The summed E-state index contributed by atoms with van der Waals surface area (Å²) in [6.07, 6.45) is 1.37. The van der Waals surface area contributed by atoms with E-state index >= 15 is 0 Å². The summed E-state index contributed by atoms with van der Waals surface area (Å²) in [6, 6.07) is 10.8. The van der Waals surface area contributed by atoms with Gasteiger partial charge in [-0.2, -0.15) is 5.10 Å². The molecular weight excluding hydrogens is 412 g/mol. The number of carbonyl (C=O) groups excluding carboxylic acids is 3. The summed E-state index contributed by atoms with van der Waals surface area (Å²) < 4.78 is 11.2. The highest BCUT2D eigenvalue weighted by molar-refractivity contribution is 6.35. The van der Waals surface area contributed by atoms with E-state index in [1.807, 2.05) is 39.0 Å². The first-order chi connectivity index (χ1) is 15.3. The van der Waals surface area contributed by atoms with Crippen molar-refractivity contribution in [3.05, 3.63) is 53.1 Å². The third-order valence-electron chi connectivity index (χ3n) is 4.06. The van der Waals surface area contributed by atoms with Crippen molar-refractivity contribution in [2.75, 3.05) is 25.1 Å². The highest BCUT2D eigenvalue weighted by atomic mass is 16.5. The third-order valence-corrected chi connectivity index (χ3v) is 4.06. The van der Waals surface area contributed by atoms with E-state index in [9.17, 15) is 14.4 Å². The minimum absolute atomic E-state index is 0.191. The molecule has 2 aromatic carbocycles. The van der Waals surface area contributed by atoms with Crippen molar-refractivity contribution in [1.82, 2.24) is 10.7 Å². The Bertz CT molecular complexity index is 984. The van der Waals surface area contributed by atoms with E-state index in [-0.39, 0.29) is 12.5 Å². The van der Waals surface area contributed by atoms with Gasteiger partial charge in [0.2, 0.25) is 0 Å². The van der Waals surface area contributed by atoms with E-state index in [4.69, 9.17) is 9.47 Å². The van der Waals surface area contributed by atoms with E-state index in [1.54, 1.807) is 25.1 Å². The quantitative estimate of drug-likeness (QED) is 0.314. The number of benzene rings is 2. The van der Waals surface area contributed by atoms with Crippen LogP contribution in [0.5, 0.6) is 11.5 Å². The average Bonchev–Trinajstić information content (AvgIpc) is 2.72. The molecular formula is C23H28N4O5. The summed E-state index contributed by atoms with van der Waals surface area (Å²) in [5.41, 5.74) is 5.57. The predicted molar refractivity (Wildman–Crippen MR) is 122 cm³/mol. The van der Waals surface area contributed by atoms with Crippen LogP contribution in [0.1, 0.15) is 30.5 Å². The van der Waals surface area contributed by atoms with Gasteiger partial charge in [0.25, 0.3) is 5.91 Å². The monoisotopic (exact) mass is 440 g/mol. The highest BCUT2D eigenvalue weighted by Crippen LogP contribution is 2.28. The molecule has 0 spiro atoms. The fraction of sp³-hybridized carbons (Fsp3) is 0.304. The number of amides is 3. The molecule has 0 aliphatic rings. The molecule has 0 fully saturated rings. The lowest BCUT2D eigenvalue weighted by atomic mass is 10.1. The van der Waals surface area contributed by atoms with Gasteiger partial charge in [-0.05, 0) is 74.7 Å². The summed E-state index contributed by atoms with van der Waals surface area (Å²) in [4.78, 5) is 35.2. The molecule has 3 N–H and O–H groups in total. The SMILES string of the molecule is CCNC(=O)C(=O)N/N=C\c1ccc(OCC(=O)Nc2cc(C)cc(C)c2)c(OCC)c1. The second kappa shape index (κ2) is 12.1. The van der Waals surface area contributed by atoms with Crippen molar-refractivity contribution < 1.29 is 23.9 Å². The molecule has 32 heavy (non-hydrogen) atoms. The van der Waals surface area contributed by atoms with Gasteiger partial charge in [-0.1, -0.05) is 6.07 Å². The number of hydrogen-bond acceptors (Lipinski definition) is 6. The van der Waals surface area contributed by atoms with Crippen LogP contribution in [0.25, 0.3) is 0 Å². The van der Waals surface area contributed by atoms with Crippen LogP contribution in [0.4, 0.5) is 5.69 Å². The summed E-state index contributed by atoms with van der Waals surface area (Å²) in [5.74, 6) is -1.10. The minimum atomic E-state index is -0.858. The van der Waals surface area contributed by atoms with Crippen LogP contribution in [0.3, 0.4) is 0 Å². The summed E-state index contributed by atoms with van der Waals surface area (Å²) in [6.45, 7) is 8.00. The maximum Gasteiger partial charge on any atom is 0.329 e. The van der Waals surface area contributed by atoms with Gasteiger partial charge in [0.05, 0.1) is 12.8 Å². The molecule has 0 bridgehead atoms. The van der Waals surface area contributed by atoms with E-state index < -0.39 is 11.8 Å². The predicted octanol–water partition coefficient (Wildman–Crippen LogP) is 2.31. The van der Waals surface area contributed by atoms with Crippen LogP contribution in [0.2, 0.25) is 0 Å². The zero-order valence-electron chi connectivity index (χ0n) is 18.7. The van der Waals surface area contributed by atoms with Gasteiger partial charge in [0.15, 0.2) is 18.1 Å². The van der Waals surface area contributed by atoms with Crippen LogP contribution >= 0.6 is 0 Å². The first-order valence-electron chi connectivity index (χ1n) is 10.2. The van der Waals surface area contributed by atoms with Gasteiger partial charge in [0.1, 0.15) is 0 Å². The zero-order chi connectivity index (χ0) is 23.5. The molecule has 0 saturated heterocycles. The molecule has 0 unspecified atom stereocenters. The van der Waals surface area contributed by atoms with Gasteiger partial charge < -0.3 is 20.1 Å². The molecule has 0 radical (unpaired) electrons. The third kappa shape index (κ3) is 7.75. The molecule has 0 atom stereocenters. The Balaban J connectivity index is 1.99. The lowest BCUT2D eigenvalue weighted by Crippen LogP contribution is -2.37. The molecule has 170 valence electrons. The molecule has 0 aromatic heterocycles. The Labute approximate surface area is 187 Å². The number of aryl methyl sites for hydroxylation is 2. The number of hydrazone groups is 1. The van der Waals surface area contributed by atoms with E-state index in [2.05, 4.69) is 21.2 Å².